The molecule has 0 bridgehead atoms. The van der Waals surface area contributed by atoms with E-state index < -0.39 is 0 Å². The molecular weight excluding hydrogens is 210 g/mol. The fraction of sp³-hybridized carbons (Fsp3) is 0.900. The van der Waals surface area contributed by atoms with E-state index in [-0.39, 0.29) is 6.04 Å². The van der Waals surface area contributed by atoms with E-state index >= 15 is 0 Å². The Balaban J connectivity index is 2.74. The number of thioether (sulfide) groups is 1. The molecule has 1 fully saturated rings. The van der Waals surface area contributed by atoms with Crippen molar-refractivity contribution in [2.24, 2.45) is 10.9 Å². The summed E-state index contributed by atoms with van der Waals surface area (Å²) in [5.41, 5.74) is 5.72. The minimum atomic E-state index is 0.0772. The molecule has 0 spiro atoms. The van der Waals surface area contributed by atoms with Gasteiger partial charge in [0.2, 0.25) is 0 Å². The van der Waals surface area contributed by atoms with Gasteiger partial charge in [-0.25, -0.2) is 0 Å². The third kappa shape index (κ3) is 2.78. The van der Waals surface area contributed by atoms with E-state index in [1.165, 1.54) is 0 Å². The van der Waals surface area contributed by atoms with Gasteiger partial charge < -0.3 is 10.9 Å². The van der Waals surface area contributed by atoms with Gasteiger partial charge in [0, 0.05) is 23.6 Å². The van der Waals surface area contributed by atoms with Crippen LogP contribution in [0.3, 0.4) is 0 Å². The van der Waals surface area contributed by atoms with Gasteiger partial charge in [-0.3, -0.25) is 4.90 Å². The van der Waals surface area contributed by atoms with Crippen molar-refractivity contribution >= 4 is 17.6 Å². The van der Waals surface area contributed by atoms with Crippen LogP contribution < -0.4 is 5.73 Å². The summed E-state index contributed by atoms with van der Waals surface area (Å²) in [5, 5.41) is 12.5. The molecule has 3 N–H and O–H groups in total. The Morgan fingerprint density at radius 3 is 2.87 bits per heavy atom. The third-order valence-corrected chi connectivity index (χ3v) is 4.51. The van der Waals surface area contributed by atoms with Gasteiger partial charge in [0.15, 0.2) is 5.84 Å². The highest BCUT2D eigenvalue weighted by molar-refractivity contribution is 8.00. The number of hydrogen-bond donors (Lipinski definition) is 2. The van der Waals surface area contributed by atoms with Crippen LogP contribution in [0.25, 0.3) is 0 Å². The fourth-order valence-electron chi connectivity index (χ4n) is 2.08. The highest BCUT2D eigenvalue weighted by Gasteiger charge is 2.31. The molecule has 1 rings (SSSR count). The lowest BCUT2D eigenvalue weighted by molar-refractivity contribution is 0.176. The van der Waals surface area contributed by atoms with Crippen LogP contribution in [0, 0.1) is 0 Å². The second-order valence-electron chi connectivity index (χ2n) is 4.00. The minimum Gasteiger partial charge on any atom is -0.409 e. The summed E-state index contributed by atoms with van der Waals surface area (Å²) in [5.74, 6) is 1.46. The van der Waals surface area contributed by atoms with Gasteiger partial charge >= 0.3 is 0 Å². The fourth-order valence-corrected chi connectivity index (χ4v) is 3.20. The molecule has 0 amide bonds. The zero-order valence-corrected chi connectivity index (χ0v) is 10.5. The summed E-state index contributed by atoms with van der Waals surface area (Å²) in [6, 6.07) is 0.558. The maximum absolute atomic E-state index is 8.75. The first-order valence-corrected chi connectivity index (χ1v) is 6.51. The van der Waals surface area contributed by atoms with E-state index in [4.69, 9.17) is 10.9 Å². The molecule has 0 radical (unpaired) electrons. The van der Waals surface area contributed by atoms with Gasteiger partial charge in [-0.1, -0.05) is 19.0 Å². The normalized spacial score (nSPS) is 31.5. The van der Waals surface area contributed by atoms with Crippen LogP contribution in [0.5, 0.6) is 0 Å². The SMILES string of the molecule is CCC(C(N)=NO)N1CCSC(C)C1C. The lowest BCUT2D eigenvalue weighted by atomic mass is 10.1. The predicted octanol–water partition coefficient (Wildman–Crippen LogP) is 1.34. The third-order valence-electron chi connectivity index (χ3n) is 3.18. The lowest BCUT2D eigenvalue weighted by Gasteiger charge is -2.41. The molecule has 1 saturated heterocycles. The van der Waals surface area contributed by atoms with E-state index in [9.17, 15) is 0 Å². The van der Waals surface area contributed by atoms with Crippen molar-refractivity contribution in [2.75, 3.05) is 12.3 Å². The summed E-state index contributed by atoms with van der Waals surface area (Å²) in [6.45, 7) is 7.54. The van der Waals surface area contributed by atoms with Crippen LogP contribution in [0.15, 0.2) is 5.16 Å². The molecule has 1 aliphatic heterocycles. The lowest BCUT2D eigenvalue weighted by Crippen LogP contribution is -2.54. The second-order valence-corrected chi connectivity index (χ2v) is 5.49. The zero-order chi connectivity index (χ0) is 11.4. The average molecular weight is 231 g/mol. The van der Waals surface area contributed by atoms with Gasteiger partial charge in [0.05, 0.1) is 6.04 Å². The van der Waals surface area contributed by atoms with E-state index in [0.29, 0.717) is 17.1 Å². The van der Waals surface area contributed by atoms with Gasteiger partial charge in [-0.05, 0) is 13.3 Å². The highest BCUT2D eigenvalue weighted by Crippen LogP contribution is 2.26. The average Bonchev–Trinajstić information content (AvgIpc) is 2.24. The Bertz CT molecular complexity index is 235. The monoisotopic (exact) mass is 231 g/mol. The number of amidine groups is 1. The number of oxime groups is 1. The van der Waals surface area contributed by atoms with Crippen molar-refractivity contribution in [3.05, 3.63) is 0 Å². The van der Waals surface area contributed by atoms with Crippen molar-refractivity contribution in [1.29, 1.82) is 0 Å². The molecule has 0 aliphatic carbocycles. The largest absolute Gasteiger partial charge is 0.409 e. The Kier molecular flexibility index (Phi) is 4.73. The smallest absolute Gasteiger partial charge is 0.156 e. The quantitative estimate of drug-likeness (QED) is 0.333. The Morgan fingerprint density at radius 1 is 1.67 bits per heavy atom. The zero-order valence-electron chi connectivity index (χ0n) is 9.68. The highest BCUT2D eigenvalue weighted by atomic mass is 32.2. The molecular formula is C10H21N3OS. The molecule has 0 aromatic heterocycles. The van der Waals surface area contributed by atoms with Gasteiger partial charge in [-0.2, -0.15) is 11.8 Å². The standard InChI is InChI=1S/C10H21N3OS/c1-4-9(10(11)12-14)13-5-6-15-8(3)7(13)2/h7-9,14H,4-6H2,1-3H3,(H2,11,12). The second kappa shape index (κ2) is 5.61. The Morgan fingerprint density at radius 2 is 2.33 bits per heavy atom. The molecule has 15 heavy (non-hydrogen) atoms. The van der Waals surface area contributed by atoms with E-state index in [1.807, 2.05) is 11.8 Å². The minimum absolute atomic E-state index is 0.0772. The first-order chi connectivity index (χ1) is 7.11. The molecule has 3 atom stereocenters. The molecule has 1 aliphatic rings. The Labute approximate surface area is 95.9 Å². The van der Waals surface area contributed by atoms with Crippen molar-refractivity contribution in [3.8, 4) is 0 Å². The predicted molar refractivity (Wildman–Crippen MR) is 65.6 cm³/mol. The summed E-state index contributed by atoms with van der Waals surface area (Å²) < 4.78 is 0. The number of nitrogens with two attached hydrogens (primary N) is 1. The van der Waals surface area contributed by atoms with Crippen LogP contribution in [0.2, 0.25) is 0 Å². The van der Waals surface area contributed by atoms with Gasteiger partial charge in [-0.15, -0.1) is 0 Å². The van der Waals surface area contributed by atoms with Crippen LogP contribution in [0.1, 0.15) is 27.2 Å². The maximum atomic E-state index is 8.75. The van der Waals surface area contributed by atoms with Crippen LogP contribution in [-0.4, -0.2) is 45.6 Å². The summed E-state index contributed by atoms with van der Waals surface area (Å²) in [7, 11) is 0. The molecule has 0 aromatic rings. The van der Waals surface area contributed by atoms with Crippen LogP contribution in [-0.2, 0) is 0 Å². The maximum Gasteiger partial charge on any atom is 0.156 e. The molecule has 3 unspecified atom stereocenters. The van der Waals surface area contributed by atoms with Crippen molar-refractivity contribution in [3.63, 3.8) is 0 Å². The number of hydrogen-bond acceptors (Lipinski definition) is 4. The Hall–Kier alpha value is -0.420. The molecule has 4 nitrogen and oxygen atoms in total. The number of nitrogens with zero attached hydrogens (tertiary/aromatic N) is 2. The summed E-state index contributed by atoms with van der Waals surface area (Å²) in [4.78, 5) is 2.34. The summed E-state index contributed by atoms with van der Waals surface area (Å²) >= 11 is 1.99. The van der Waals surface area contributed by atoms with E-state index in [2.05, 4.69) is 30.8 Å². The van der Waals surface area contributed by atoms with E-state index in [0.717, 1.165) is 18.7 Å². The first kappa shape index (κ1) is 12.6. The molecule has 5 heteroatoms. The summed E-state index contributed by atoms with van der Waals surface area (Å²) in [6.07, 6.45) is 0.887. The molecule has 88 valence electrons. The molecule has 1 heterocycles. The van der Waals surface area contributed by atoms with E-state index in [1.54, 1.807) is 0 Å². The molecule has 0 saturated carbocycles. The van der Waals surface area contributed by atoms with Crippen LogP contribution >= 0.6 is 11.8 Å². The van der Waals surface area contributed by atoms with Gasteiger partial charge in [0.1, 0.15) is 0 Å². The van der Waals surface area contributed by atoms with Crippen LogP contribution in [0.4, 0.5) is 0 Å². The topological polar surface area (TPSA) is 61.9 Å². The van der Waals surface area contributed by atoms with Gasteiger partial charge in [0.25, 0.3) is 0 Å². The number of rotatable bonds is 3. The molecule has 0 aromatic carbocycles. The van der Waals surface area contributed by atoms with Crippen molar-refractivity contribution in [2.45, 2.75) is 44.5 Å². The first-order valence-electron chi connectivity index (χ1n) is 5.46. The van der Waals surface area contributed by atoms with Crippen molar-refractivity contribution < 1.29 is 5.21 Å². The van der Waals surface area contributed by atoms with Crippen molar-refractivity contribution in [1.82, 2.24) is 4.90 Å².